The molecule has 1 saturated carbocycles. The van der Waals surface area contributed by atoms with Crippen molar-refractivity contribution in [1.82, 2.24) is 5.32 Å². The SMILES string of the molecule is COc1cc(C(C)NCC2CCC(C)C2)ccc1F. The van der Waals surface area contributed by atoms with Gasteiger partial charge < -0.3 is 10.1 Å². The lowest BCUT2D eigenvalue weighted by Gasteiger charge is -2.18. The van der Waals surface area contributed by atoms with E-state index in [0.29, 0.717) is 5.75 Å². The van der Waals surface area contributed by atoms with E-state index in [-0.39, 0.29) is 11.9 Å². The third-order valence-electron chi connectivity index (χ3n) is 4.19. The zero-order chi connectivity index (χ0) is 13.8. The van der Waals surface area contributed by atoms with E-state index >= 15 is 0 Å². The summed E-state index contributed by atoms with van der Waals surface area (Å²) in [6.45, 7) is 5.49. The molecule has 1 aromatic rings. The molecule has 1 aliphatic carbocycles. The van der Waals surface area contributed by atoms with E-state index in [1.165, 1.54) is 32.4 Å². The van der Waals surface area contributed by atoms with Crippen LogP contribution in [-0.2, 0) is 0 Å². The fourth-order valence-corrected chi connectivity index (χ4v) is 2.92. The van der Waals surface area contributed by atoms with Crippen LogP contribution in [0, 0.1) is 17.7 Å². The van der Waals surface area contributed by atoms with Gasteiger partial charge in [-0.1, -0.05) is 19.4 Å². The van der Waals surface area contributed by atoms with Crippen LogP contribution >= 0.6 is 0 Å². The Morgan fingerprint density at radius 2 is 2.21 bits per heavy atom. The molecule has 0 saturated heterocycles. The van der Waals surface area contributed by atoms with Crippen LogP contribution in [0.1, 0.15) is 44.7 Å². The monoisotopic (exact) mass is 265 g/mol. The number of hydrogen-bond acceptors (Lipinski definition) is 2. The smallest absolute Gasteiger partial charge is 0.165 e. The molecule has 0 amide bonds. The maximum Gasteiger partial charge on any atom is 0.165 e. The van der Waals surface area contributed by atoms with Gasteiger partial charge in [-0.15, -0.1) is 0 Å². The Kier molecular flexibility index (Phi) is 4.81. The van der Waals surface area contributed by atoms with E-state index in [1.54, 1.807) is 6.07 Å². The average molecular weight is 265 g/mol. The minimum absolute atomic E-state index is 0.227. The summed E-state index contributed by atoms with van der Waals surface area (Å²) in [6.07, 6.45) is 4.01. The summed E-state index contributed by atoms with van der Waals surface area (Å²) >= 11 is 0. The van der Waals surface area contributed by atoms with Gasteiger partial charge in [0.25, 0.3) is 0 Å². The highest BCUT2D eigenvalue weighted by atomic mass is 19.1. The van der Waals surface area contributed by atoms with Crippen LogP contribution in [0.15, 0.2) is 18.2 Å². The molecule has 0 bridgehead atoms. The molecule has 1 fully saturated rings. The molecule has 0 heterocycles. The van der Waals surface area contributed by atoms with Gasteiger partial charge in [-0.05, 0) is 55.8 Å². The third-order valence-corrected chi connectivity index (χ3v) is 4.19. The Balaban J connectivity index is 1.90. The van der Waals surface area contributed by atoms with Crippen LogP contribution in [0.25, 0.3) is 0 Å². The molecule has 0 aromatic heterocycles. The second-order valence-electron chi connectivity index (χ2n) is 5.81. The summed E-state index contributed by atoms with van der Waals surface area (Å²) in [6, 6.07) is 5.31. The summed E-state index contributed by atoms with van der Waals surface area (Å²) in [7, 11) is 1.50. The quantitative estimate of drug-likeness (QED) is 0.871. The highest BCUT2D eigenvalue weighted by Gasteiger charge is 2.21. The summed E-state index contributed by atoms with van der Waals surface area (Å²) in [5.74, 6) is 1.68. The molecule has 1 aliphatic rings. The van der Waals surface area contributed by atoms with Gasteiger partial charge in [0.1, 0.15) is 0 Å². The lowest BCUT2D eigenvalue weighted by atomic mass is 10.0. The first-order valence-corrected chi connectivity index (χ1v) is 7.17. The van der Waals surface area contributed by atoms with Crippen molar-refractivity contribution in [2.24, 2.45) is 11.8 Å². The van der Waals surface area contributed by atoms with E-state index in [0.717, 1.165) is 23.9 Å². The minimum atomic E-state index is -0.303. The van der Waals surface area contributed by atoms with Gasteiger partial charge in [-0.25, -0.2) is 4.39 Å². The number of hydrogen-bond donors (Lipinski definition) is 1. The molecule has 0 spiro atoms. The molecule has 19 heavy (non-hydrogen) atoms. The van der Waals surface area contributed by atoms with Crippen LogP contribution < -0.4 is 10.1 Å². The lowest BCUT2D eigenvalue weighted by molar-refractivity contribution is 0.384. The molecular formula is C16H24FNO. The van der Waals surface area contributed by atoms with Crippen LogP contribution in [-0.4, -0.2) is 13.7 Å². The number of benzene rings is 1. The van der Waals surface area contributed by atoms with Crippen molar-refractivity contribution in [1.29, 1.82) is 0 Å². The summed E-state index contributed by atoms with van der Waals surface area (Å²) in [4.78, 5) is 0. The Hall–Kier alpha value is -1.09. The van der Waals surface area contributed by atoms with Crippen LogP contribution in [0.4, 0.5) is 4.39 Å². The Labute approximate surface area is 115 Å². The van der Waals surface area contributed by atoms with Gasteiger partial charge in [0.15, 0.2) is 11.6 Å². The Bertz CT molecular complexity index is 421. The molecule has 2 rings (SSSR count). The normalized spacial score (nSPS) is 24.4. The maximum absolute atomic E-state index is 13.4. The molecule has 3 atom stereocenters. The number of nitrogens with one attached hydrogen (secondary N) is 1. The van der Waals surface area contributed by atoms with Crippen molar-refractivity contribution in [2.75, 3.05) is 13.7 Å². The van der Waals surface area contributed by atoms with E-state index in [4.69, 9.17) is 4.74 Å². The molecule has 0 aliphatic heterocycles. The van der Waals surface area contributed by atoms with Gasteiger partial charge in [-0.3, -0.25) is 0 Å². The minimum Gasteiger partial charge on any atom is -0.494 e. The largest absolute Gasteiger partial charge is 0.494 e. The number of halogens is 1. The highest BCUT2D eigenvalue weighted by Crippen LogP contribution is 2.30. The summed E-state index contributed by atoms with van der Waals surface area (Å²) < 4.78 is 18.4. The first-order chi connectivity index (χ1) is 9.10. The fraction of sp³-hybridized carbons (Fsp3) is 0.625. The van der Waals surface area contributed by atoms with Crippen LogP contribution in [0.5, 0.6) is 5.75 Å². The van der Waals surface area contributed by atoms with Crippen molar-refractivity contribution >= 4 is 0 Å². The molecule has 2 nitrogen and oxygen atoms in total. The number of rotatable bonds is 5. The van der Waals surface area contributed by atoms with Crippen molar-refractivity contribution < 1.29 is 9.13 Å². The molecule has 3 unspecified atom stereocenters. The van der Waals surface area contributed by atoms with Gasteiger partial charge in [-0.2, -0.15) is 0 Å². The number of methoxy groups -OCH3 is 1. The standard InChI is InChI=1S/C16H24FNO/c1-11-4-5-13(8-11)10-18-12(2)14-6-7-15(17)16(9-14)19-3/h6-7,9,11-13,18H,4-5,8,10H2,1-3H3. The zero-order valence-electron chi connectivity index (χ0n) is 12.1. The predicted molar refractivity (Wildman–Crippen MR) is 75.9 cm³/mol. The van der Waals surface area contributed by atoms with Gasteiger partial charge in [0, 0.05) is 6.04 Å². The van der Waals surface area contributed by atoms with Gasteiger partial charge in [0.05, 0.1) is 7.11 Å². The second-order valence-corrected chi connectivity index (χ2v) is 5.81. The summed E-state index contributed by atoms with van der Waals surface area (Å²) in [5.41, 5.74) is 1.07. The van der Waals surface area contributed by atoms with Crippen LogP contribution in [0.2, 0.25) is 0 Å². The molecule has 106 valence electrons. The van der Waals surface area contributed by atoms with E-state index in [9.17, 15) is 4.39 Å². The highest BCUT2D eigenvalue weighted by molar-refractivity contribution is 5.31. The first-order valence-electron chi connectivity index (χ1n) is 7.17. The fourth-order valence-electron chi connectivity index (χ4n) is 2.92. The molecular weight excluding hydrogens is 241 g/mol. The second kappa shape index (κ2) is 6.38. The van der Waals surface area contributed by atoms with Crippen LogP contribution in [0.3, 0.4) is 0 Å². The van der Waals surface area contributed by atoms with Crippen molar-refractivity contribution in [3.63, 3.8) is 0 Å². The van der Waals surface area contributed by atoms with Crippen molar-refractivity contribution in [2.45, 2.75) is 39.2 Å². The molecule has 1 N–H and O–H groups in total. The van der Waals surface area contributed by atoms with E-state index < -0.39 is 0 Å². The van der Waals surface area contributed by atoms with E-state index in [2.05, 4.69) is 19.2 Å². The topological polar surface area (TPSA) is 21.3 Å². The van der Waals surface area contributed by atoms with Crippen molar-refractivity contribution in [3.05, 3.63) is 29.6 Å². The first kappa shape index (κ1) is 14.3. The third kappa shape index (κ3) is 3.69. The summed E-state index contributed by atoms with van der Waals surface area (Å²) in [5, 5.41) is 3.55. The number of ether oxygens (including phenoxy) is 1. The molecule has 0 radical (unpaired) electrons. The average Bonchev–Trinajstić information content (AvgIpc) is 2.82. The maximum atomic E-state index is 13.4. The predicted octanol–water partition coefficient (Wildman–Crippen LogP) is 3.92. The zero-order valence-corrected chi connectivity index (χ0v) is 12.1. The van der Waals surface area contributed by atoms with E-state index in [1.807, 2.05) is 6.07 Å². The van der Waals surface area contributed by atoms with Gasteiger partial charge in [0.2, 0.25) is 0 Å². The Morgan fingerprint density at radius 1 is 1.42 bits per heavy atom. The molecule has 3 heteroatoms. The van der Waals surface area contributed by atoms with Crippen molar-refractivity contribution in [3.8, 4) is 5.75 Å². The van der Waals surface area contributed by atoms with Gasteiger partial charge >= 0.3 is 0 Å². The Morgan fingerprint density at radius 3 is 2.84 bits per heavy atom. The lowest BCUT2D eigenvalue weighted by Crippen LogP contribution is -2.24. The molecule has 1 aromatic carbocycles.